The van der Waals surface area contributed by atoms with Gasteiger partial charge in [0, 0.05) is 6.04 Å². The Morgan fingerprint density at radius 1 is 1.48 bits per heavy atom. The van der Waals surface area contributed by atoms with Crippen LogP contribution in [0.15, 0.2) is 22.8 Å². The quantitative estimate of drug-likeness (QED) is 0.363. The Labute approximate surface area is 147 Å². The molecule has 0 fully saturated rings. The molecule has 0 aliphatic heterocycles. The van der Waals surface area contributed by atoms with Gasteiger partial charge in [0.25, 0.3) is 0 Å². The predicted octanol–water partition coefficient (Wildman–Crippen LogP) is 2.29. The number of hydroxylamine groups is 1. The van der Waals surface area contributed by atoms with E-state index in [-0.39, 0.29) is 34.7 Å². The number of urea groups is 1. The maximum Gasteiger partial charge on any atom is 0.315 e. The van der Waals surface area contributed by atoms with E-state index >= 15 is 0 Å². The zero-order chi connectivity index (χ0) is 18.6. The average Bonchev–Trinajstić information content (AvgIpc) is 3.02. The summed E-state index contributed by atoms with van der Waals surface area (Å²) in [6.45, 7) is 3.53. The van der Waals surface area contributed by atoms with Gasteiger partial charge < -0.3 is 10.6 Å². The maximum absolute atomic E-state index is 13.2. The third-order valence-corrected chi connectivity index (χ3v) is 3.27. The van der Waals surface area contributed by atoms with Crippen molar-refractivity contribution >= 4 is 29.2 Å². The van der Waals surface area contributed by atoms with E-state index in [1.54, 1.807) is 13.8 Å². The number of hydrogen-bond acceptors (Lipinski definition) is 6. The van der Waals surface area contributed by atoms with Gasteiger partial charge in [0.15, 0.2) is 11.5 Å². The molecule has 25 heavy (non-hydrogen) atoms. The molecule has 4 N–H and O–H groups in total. The van der Waals surface area contributed by atoms with Gasteiger partial charge in [-0.05, 0) is 37.2 Å². The first-order valence-electron chi connectivity index (χ1n) is 7.18. The molecule has 0 bridgehead atoms. The van der Waals surface area contributed by atoms with E-state index < -0.39 is 17.7 Å². The lowest BCUT2D eigenvalue weighted by Gasteiger charge is -2.16. The number of anilines is 1. The Balaban J connectivity index is 2.10. The molecule has 0 spiro atoms. The average molecular weight is 371 g/mol. The van der Waals surface area contributed by atoms with Crippen molar-refractivity contribution < 1.29 is 19.0 Å². The molecule has 2 rings (SSSR count). The largest absolute Gasteiger partial charge is 0.336 e. The maximum atomic E-state index is 13.2. The fourth-order valence-corrected chi connectivity index (χ4v) is 2.00. The molecule has 9 nitrogen and oxygen atoms in total. The van der Waals surface area contributed by atoms with Gasteiger partial charge in [0.2, 0.25) is 0 Å². The molecule has 1 heterocycles. The van der Waals surface area contributed by atoms with E-state index in [0.29, 0.717) is 5.06 Å². The number of carbonyl (C=O) groups is 1. The minimum Gasteiger partial charge on any atom is -0.336 e. The monoisotopic (exact) mass is 370 g/mol. The third kappa shape index (κ3) is 4.64. The van der Waals surface area contributed by atoms with Crippen molar-refractivity contribution in [2.24, 2.45) is 0 Å². The van der Waals surface area contributed by atoms with Crippen molar-refractivity contribution in [3.05, 3.63) is 40.4 Å². The van der Waals surface area contributed by atoms with Crippen molar-refractivity contribution in [1.82, 2.24) is 20.9 Å². The number of amidine groups is 1. The lowest BCUT2D eigenvalue weighted by molar-refractivity contribution is 0.237. The van der Waals surface area contributed by atoms with E-state index in [1.165, 1.54) is 6.07 Å². The van der Waals surface area contributed by atoms with E-state index in [4.69, 9.17) is 17.0 Å². The molecule has 134 valence electrons. The summed E-state index contributed by atoms with van der Waals surface area (Å²) >= 11 is 5.66. The van der Waals surface area contributed by atoms with Crippen molar-refractivity contribution in [2.45, 2.75) is 26.4 Å². The number of benzene rings is 1. The topological polar surface area (TPSA) is 127 Å². The number of nitrogens with one attached hydrogen (secondary N) is 3. The van der Waals surface area contributed by atoms with Crippen LogP contribution in [0, 0.1) is 11.2 Å². The lowest BCUT2D eigenvalue weighted by Crippen LogP contribution is -2.39. The van der Waals surface area contributed by atoms with Gasteiger partial charge in [-0.15, -0.1) is 0 Å². The highest BCUT2D eigenvalue weighted by Crippen LogP contribution is 2.23. The number of nitrogens with zero attached hydrogens (tertiary/aromatic N) is 3. The summed E-state index contributed by atoms with van der Waals surface area (Å²) in [4.78, 5) is 11.6. The Hall–Kier alpha value is -2.72. The Morgan fingerprint density at radius 3 is 2.84 bits per heavy atom. The van der Waals surface area contributed by atoms with Crippen LogP contribution in [-0.2, 0) is 6.54 Å². The van der Waals surface area contributed by atoms with E-state index in [1.807, 2.05) is 0 Å². The number of halogens is 2. The van der Waals surface area contributed by atoms with Crippen LogP contribution >= 0.6 is 11.6 Å². The van der Waals surface area contributed by atoms with Gasteiger partial charge in [0.05, 0.1) is 17.3 Å². The Bertz CT molecular complexity index is 782. The number of rotatable bonds is 5. The second-order valence-corrected chi connectivity index (χ2v) is 5.71. The fourth-order valence-electron chi connectivity index (χ4n) is 1.83. The van der Waals surface area contributed by atoms with Gasteiger partial charge in [-0.2, -0.15) is 0 Å². The summed E-state index contributed by atoms with van der Waals surface area (Å²) in [6, 6.07) is 2.95. The fraction of sp³-hybridized carbons (Fsp3) is 0.286. The van der Waals surface area contributed by atoms with Gasteiger partial charge in [-0.1, -0.05) is 16.8 Å². The molecule has 0 unspecified atom stereocenters. The summed E-state index contributed by atoms with van der Waals surface area (Å²) in [5.74, 6) is -1.14. The van der Waals surface area contributed by atoms with Crippen LogP contribution in [0.25, 0.3) is 0 Å². The molecule has 0 aliphatic carbocycles. The summed E-state index contributed by atoms with van der Waals surface area (Å²) in [7, 11) is 0. The van der Waals surface area contributed by atoms with Crippen LogP contribution in [-0.4, -0.2) is 33.4 Å². The minimum absolute atomic E-state index is 0.0515. The third-order valence-electron chi connectivity index (χ3n) is 2.98. The first kappa shape index (κ1) is 18.6. The predicted molar refractivity (Wildman–Crippen MR) is 87.3 cm³/mol. The van der Waals surface area contributed by atoms with Crippen LogP contribution in [0.2, 0.25) is 5.02 Å². The van der Waals surface area contributed by atoms with Crippen LogP contribution in [0.1, 0.15) is 25.2 Å². The smallest absolute Gasteiger partial charge is 0.315 e. The second kappa shape index (κ2) is 7.90. The van der Waals surface area contributed by atoms with E-state index in [9.17, 15) is 14.4 Å². The molecule has 0 aliphatic rings. The number of hydrogen-bond donors (Lipinski definition) is 4. The SMILES string of the molecule is CC(C)NC(=O)NCc1nonc1C(=N)N(O)c1ccc(F)c(Cl)c1. The van der Waals surface area contributed by atoms with E-state index in [2.05, 4.69) is 25.6 Å². The lowest BCUT2D eigenvalue weighted by atomic mass is 10.2. The Kier molecular flexibility index (Phi) is 5.88. The molecule has 11 heteroatoms. The highest BCUT2D eigenvalue weighted by atomic mass is 35.5. The van der Waals surface area contributed by atoms with Gasteiger partial charge >= 0.3 is 6.03 Å². The van der Waals surface area contributed by atoms with Gasteiger partial charge in [-0.25, -0.2) is 18.9 Å². The Morgan fingerprint density at radius 2 is 2.20 bits per heavy atom. The molecule has 0 saturated carbocycles. The van der Waals surface area contributed by atoms with Crippen molar-refractivity contribution in [1.29, 1.82) is 5.41 Å². The molecular weight excluding hydrogens is 355 g/mol. The standard InChI is InChI=1S/C14H16ClFN6O3/c1-7(2)19-14(23)18-6-11-12(21-25-20-11)13(17)22(24)8-3-4-10(16)9(15)5-8/h3-5,7,17,24H,6H2,1-2H3,(H2,18,19,23). The minimum atomic E-state index is -0.658. The summed E-state index contributed by atoms with van der Waals surface area (Å²) < 4.78 is 17.8. The number of carbonyl (C=O) groups excluding carboxylic acids is 1. The molecule has 2 aromatic rings. The molecule has 0 atom stereocenters. The van der Waals surface area contributed by atoms with E-state index in [0.717, 1.165) is 12.1 Å². The summed E-state index contributed by atoms with van der Waals surface area (Å²) in [5, 5.41) is 30.7. The summed E-state index contributed by atoms with van der Waals surface area (Å²) in [5.41, 5.74) is 0.0971. The van der Waals surface area contributed by atoms with Crippen LogP contribution in [0.4, 0.5) is 14.9 Å². The molecule has 1 aromatic heterocycles. The molecule has 0 saturated heterocycles. The molecule has 2 amide bonds. The normalized spacial score (nSPS) is 10.6. The zero-order valence-corrected chi connectivity index (χ0v) is 14.1. The molecular formula is C14H16ClFN6O3. The summed E-state index contributed by atoms with van der Waals surface area (Å²) in [6.07, 6.45) is 0. The number of aromatic nitrogens is 2. The first-order valence-corrected chi connectivity index (χ1v) is 7.56. The van der Waals surface area contributed by atoms with Crippen LogP contribution < -0.4 is 15.7 Å². The first-order chi connectivity index (χ1) is 11.8. The molecule has 0 radical (unpaired) electrons. The zero-order valence-electron chi connectivity index (χ0n) is 13.4. The highest BCUT2D eigenvalue weighted by molar-refractivity contribution is 6.31. The highest BCUT2D eigenvalue weighted by Gasteiger charge is 2.22. The number of amides is 2. The van der Waals surface area contributed by atoms with Crippen LogP contribution in [0.3, 0.4) is 0 Å². The van der Waals surface area contributed by atoms with Gasteiger partial charge in [0.1, 0.15) is 11.5 Å². The molecule has 1 aromatic carbocycles. The van der Waals surface area contributed by atoms with Crippen molar-refractivity contribution in [3.63, 3.8) is 0 Å². The van der Waals surface area contributed by atoms with Crippen LogP contribution in [0.5, 0.6) is 0 Å². The van der Waals surface area contributed by atoms with Gasteiger partial charge in [-0.3, -0.25) is 10.6 Å². The second-order valence-electron chi connectivity index (χ2n) is 5.30. The van der Waals surface area contributed by atoms with Crippen molar-refractivity contribution in [3.8, 4) is 0 Å². The van der Waals surface area contributed by atoms with Crippen molar-refractivity contribution in [2.75, 3.05) is 5.06 Å².